The van der Waals surface area contributed by atoms with Gasteiger partial charge in [-0.3, -0.25) is 9.59 Å². The number of hydrogen-bond acceptors (Lipinski definition) is 4. The van der Waals surface area contributed by atoms with Crippen molar-refractivity contribution in [3.05, 3.63) is 54.1 Å². The molecule has 2 atom stereocenters. The molecule has 154 valence electrons. The highest BCUT2D eigenvalue weighted by Crippen LogP contribution is 2.26. The van der Waals surface area contributed by atoms with Crippen molar-refractivity contribution < 1.29 is 14.3 Å². The molecule has 2 saturated heterocycles. The van der Waals surface area contributed by atoms with Gasteiger partial charge in [0.15, 0.2) is 0 Å². The lowest BCUT2D eigenvalue weighted by Gasteiger charge is -2.42. The van der Waals surface area contributed by atoms with Crippen LogP contribution in [0, 0.1) is 6.92 Å². The molecule has 2 amide bonds. The highest BCUT2D eigenvalue weighted by molar-refractivity contribution is 5.89. The van der Waals surface area contributed by atoms with Crippen LogP contribution in [0.5, 0.6) is 0 Å². The second-order valence-electron chi connectivity index (χ2n) is 7.97. The molecule has 29 heavy (non-hydrogen) atoms. The number of morpholine rings is 1. The predicted octanol–water partition coefficient (Wildman–Crippen LogP) is 2.17. The number of imidazole rings is 1. The fraction of sp³-hybridized carbons (Fsp3) is 0.500. The number of hydrogen-bond donors (Lipinski definition) is 0. The van der Waals surface area contributed by atoms with Gasteiger partial charge in [-0.05, 0) is 32.3 Å². The van der Waals surface area contributed by atoms with Gasteiger partial charge < -0.3 is 19.1 Å². The lowest BCUT2D eigenvalue weighted by atomic mass is 10.0. The van der Waals surface area contributed by atoms with Crippen molar-refractivity contribution in [2.75, 3.05) is 19.7 Å². The molecule has 4 rings (SSSR count). The van der Waals surface area contributed by atoms with Gasteiger partial charge >= 0.3 is 0 Å². The van der Waals surface area contributed by atoms with Crippen LogP contribution in [0.25, 0.3) is 0 Å². The molecular weight excluding hydrogens is 368 g/mol. The van der Waals surface area contributed by atoms with Crippen molar-refractivity contribution in [1.82, 2.24) is 19.4 Å². The number of nitrogens with zero attached hydrogens (tertiary/aromatic N) is 4. The molecule has 0 spiro atoms. The summed E-state index contributed by atoms with van der Waals surface area (Å²) in [6.07, 6.45) is 5.19. The number of amides is 2. The van der Waals surface area contributed by atoms with Crippen LogP contribution in [0.3, 0.4) is 0 Å². The summed E-state index contributed by atoms with van der Waals surface area (Å²) in [6, 6.07) is 9.59. The first kappa shape index (κ1) is 19.6. The summed E-state index contributed by atoms with van der Waals surface area (Å²) in [5.41, 5.74) is 2.16. The second-order valence-corrected chi connectivity index (χ2v) is 7.97. The number of rotatable bonds is 4. The van der Waals surface area contributed by atoms with Gasteiger partial charge in [0.25, 0.3) is 0 Å². The molecule has 0 unspecified atom stereocenters. The van der Waals surface area contributed by atoms with E-state index in [4.69, 9.17) is 4.74 Å². The molecule has 0 radical (unpaired) electrons. The smallest absolute Gasteiger partial charge is 0.249 e. The molecule has 1 aromatic heterocycles. The highest BCUT2D eigenvalue weighted by Gasteiger charge is 2.41. The van der Waals surface area contributed by atoms with Crippen molar-refractivity contribution in [3.8, 4) is 0 Å². The highest BCUT2D eigenvalue weighted by atomic mass is 16.5. The number of benzene rings is 1. The average Bonchev–Trinajstić information content (AvgIpc) is 3.17. The number of carbonyl (C=O) groups excluding carboxylic acids is 2. The Morgan fingerprint density at radius 2 is 1.93 bits per heavy atom. The van der Waals surface area contributed by atoms with E-state index in [1.54, 1.807) is 4.90 Å². The number of carbonyl (C=O) groups is 2. The molecule has 0 N–H and O–H groups in total. The van der Waals surface area contributed by atoms with Crippen LogP contribution in [0.2, 0.25) is 0 Å². The number of likely N-dealkylation sites (tertiary alicyclic amines) is 1. The molecule has 2 aliphatic heterocycles. The number of piperidine rings is 1. The van der Waals surface area contributed by atoms with E-state index in [9.17, 15) is 9.59 Å². The molecule has 7 nitrogen and oxygen atoms in total. The van der Waals surface area contributed by atoms with E-state index in [2.05, 4.69) is 16.5 Å². The zero-order chi connectivity index (χ0) is 20.4. The third-order valence-corrected chi connectivity index (χ3v) is 6.05. The van der Waals surface area contributed by atoms with E-state index < -0.39 is 6.04 Å². The zero-order valence-corrected chi connectivity index (χ0v) is 17.0. The van der Waals surface area contributed by atoms with Crippen LogP contribution < -0.4 is 0 Å². The first-order valence-corrected chi connectivity index (χ1v) is 10.3. The Hall–Kier alpha value is -2.67. The Labute approximate surface area is 171 Å². The van der Waals surface area contributed by atoms with Crippen LogP contribution in [0.1, 0.15) is 37.1 Å². The summed E-state index contributed by atoms with van der Waals surface area (Å²) in [7, 11) is 0. The predicted molar refractivity (Wildman–Crippen MR) is 108 cm³/mol. The van der Waals surface area contributed by atoms with Gasteiger partial charge in [0.1, 0.15) is 12.6 Å². The molecule has 3 heterocycles. The standard InChI is InChI=1S/C22H28N4O3/c1-16-12-23-15-26(16)19-8-10-24(11-9-19)22(28)21-17(2)29-14-20(27)25(21)13-18-6-4-3-5-7-18/h3-7,12,15,17,19,21H,8-11,13-14H2,1-2H3/t17-,21+/m1/s1. The van der Waals surface area contributed by atoms with Crippen molar-refractivity contribution in [2.45, 2.75) is 51.4 Å². The maximum Gasteiger partial charge on any atom is 0.249 e. The average molecular weight is 396 g/mol. The van der Waals surface area contributed by atoms with Crippen LogP contribution in [-0.2, 0) is 20.9 Å². The maximum absolute atomic E-state index is 13.4. The Bertz CT molecular complexity index is 858. The van der Waals surface area contributed by atoms with Crippen molar-refractivity contribution in [2.24, 2.45) is 0 Å². The zero-order valence-electron chi connectivity index (χ0n) is 17.0. The molecule has 1 aromatic carbocycles. The summed E-state index contributed by atoms with van der Waals surface area (Å²) >= 11 is 0. The van der Waals surface area contributed by atoms with Crippen LogP contribution in [0.15, 0.2) is 42.9 Å². The van der Waals surface area contributed by atoms with E-state index in [-0.39, 0.29) is 24.5 Å². The molecule has 0 bridgehead atoms. The summed E-state index contributed by atoms with van der Waals surface area (Å²) in [5, 5.41) is 0. The fourth-order valence-corrected chi connectivity index (χ4v) is 4.39. The normalized spacial score (nSPS) is 23.4. The first-order chi connectivity index (χ1) is 14.0. The van der Waals surface area contributed by atoms with Gasteiger partial charge in [-0.1, -0.05) is 30.3 Å². The van der Waals surface area contributed by atoms with Crippen LogP contribution in [-0.4, -0.2) is 63.0 Å². The summed E-state index contributed by atoms with van der Waals surface area (Å²) in [4.78, 5) is 33.8. The minimum Gasteiger partial charge on any atom is -0.366 e. The third-order valence-electron chi connectivity index (χ3n) is 6.05. The van der Waals surface area contributed by atoms with E-state index in [1.165, 1.54) is 0 Å². The Kier molecular flexibility index (Phi) is 5.67. The minimum atomic E-state index is -0.581. The lowest BCUT2D eigenvalue weighted by molar-refractivity contribution is -0.168. The molecule has 0 aliphatic carbocycles. The van der Waals surface area contributed by atoms with Gasteiger partial charge in [-0.2, -0.15) is 0 Å². The topological polar surface area (TPSA) is 67.7 Å². The van der Waals surface area contributed by atoms with Gasteiger partial charge in [0, 0.05) is 37.6 Å². The van der Waals surface area contributed by atoms with Gasteiger partial charge in [-0.25, -0.2) is 4.98 Å². The molecule has 2 aromatic rings. The summed E-state index contributed by atoms with van der Waals surface area (Å²) in [6.45, 7) is 5.75. The molecule has 7 heteroatoms. The largest absolute Gasteiger partial charge is 0.366 e. The fourth-order valence-electron chi connectivity index (χ4n) is 4.39. The lowest BCUT2D eigenvalue weighted by Crippen LogP contribution is -2.60. The van der Waals surface area contributed by atoms with E-state index in [1.807, 2.05) is 54.7 Å². The maximum atomic E-state index is 13.4. The molecule has 0 saturated carbocycles. The SMILES string of the molecule is Cc1cncn1C1CCN(C(=O)[C@@H]2[C@@H](C)OCC(=O)N2Cc2ccccc2)CC1. The van der Waals surface area contributed by atoms with Crippen molar-refractivity contribution in [1.29, 1.82) is 0 Å². The minimum absolute atomic E-state index is 0.0118. The summed E-state index contributed by atoms with van der Waals surface area (Å²) in [5.74, 6) is -0.142. The second kappa shape index (κ2) is 8.37. The Morgan fingerprint density at radius 3 is 2.59 bits per heavy atom. The van der Waals surface area contributed by atoms with Crippen LogP contribution in [0.4, 0.5) is 0 Å². The summed E-state index contributed by atoms with van der Waals surface area (Å²) < 4.78 is 7.82. The van der Waals surface area contributed by atoms with Gasteiger partial charge in [0.2, 0.25) is 11.8 Å². The van der Waals surface area contributed by atoms with E-state index >= 15 is 0 Å². The quantitative estimate of drug-likeness (QED) is 0.794. The van der Waals surface area contributed by atoms with Gasteiger partial charge in [-0.15, -0.1) is 0 Å². The van der Waals surface area contributed by atoms with Crippen LogP contribution >= 0.6 is 0 Å². The van der Waals surface area contributed by atoms with E-state index in [0.717, 1.165) is 24.1 Å². The first-order valence-electron chi connectivity index (χ1n) is 10.3. The number of aromatic nitrogens is 2. The number of ether oxygens (including phenoxy) is 1. The Morgan fingerprint density at radius 1 is 1.21 bits per heavy atom. The Balaban J connectivity index is 1.46. The van der Waals surface area contributed by atoms with Crippen molar-refractivity contribution in [3.63, 3.8) is 0 Å². The van der Waals surface area contributed by atoms with Crippen molar-refractivity contribution >= 4 is 11.8 Å². The van der Waals surface area contributed by atoms with Gasteiger partial charge in [0.05, 0.1) is 12.4 Å². The molecular formula is C22H28N4O3. The number of aryl methyl sites for hydroxylation is 1. The van der Waals surface area contributed by atoms with E-state index in [0.29, 0.717) is 25.7 Å². The molecule has 2 aliphatic rings. The molecule has 2 fully saturated rings. The third kappa shape index (κ3) is 4.05. The monoisotopic (exact) mass is 396 g/mol.